The molecule has 0 radical (unpaired) electrons. The topological polar surface area (TPSA) is 94.9 Å². The molecule has 2 aliphatic heterocycles. The van der Waals surface area contributed by atoms with Crippen LogP contribution in [0.2, 0.25) is 0 Å². The molecule has 1 saturated heterocycles. The summed E-state index contributed by atoms with van der Waals surface area (Å²) in [5.41, 5.74) is -0.253. The number of carboxylic acid groups (broad SMARTS) is 2. The number of nitrogens with zero attached hydrogens (tertiary/aromatic N) is 1. The van der Waals surface area contributed by atoms with E-state index in [1.54, 1.807) is 0 Å². The van der Waals surface area contributed by atoms with Gasteiger partial charge in [0, 0.05) is 6.20 Å². The van der Waals surface area contributed by atoms with Gasteiger partial charge in [0.2, 0.25) is 5.91 Å². The van der Waals surface area contributed by atoms with Gasteiger partial charge in [-0.3, -0.25) is 9.59 Å². The molecular weight excluding hydrogens is 222 g/mol. The van der Waals surface area contributed by atoms with Crippen LogP contribution in [-0.2, 0) is 14.4 Å². The third kappa shape index (κ3) is 1.48. The van der Waals surface area contributed by atoms with Crippen molar-refractivity contribution < 1.29 is 24.6 Å². The van der Waals surface area contributed by atoms with Crippen molar-refractivity contribution in [1.82, 2.24) is 4.90 Å². The minimum Gasteiger partial charge on any atom is -0.480 e. The molecule has 0 spiro atoms. The smallest absolute Gasteiger partial charge is 0.334 e. The lowest BCUT2D eigenvalue weighted by Gasteiger charge is -2.42. The number of carbonyl (C=O) groups excluding carboxylic acids is 1. The summed E-state index contributed by atoms with van der Waals surface area (Å²) >= 11 is 0.986. The second kappa shape index (κ2) is 3.27. The van der Waals surface area contributed by atoms with Crippen LogP contribution in [-0.4, -0.2) is 43.6 Å². The van der Waals surface area contributed by atoms with E-state index < -0.39 is 17.2 Å². The standard InChI is InChI=1S/C8H7NO5S/c10-4-1-5-9(4)2-3(7(11)12)6(15-5)8(13)14/h2,5-6H,1H2,(H,11,12)(H,13,14)/t5-,6?/m1/s1. The Balaban J connectivity index is 2.32. The number of β-lactam (4-membered cyclic amide) rings is 1. The molecule has 2 aliphatic rings. The summed E-state index contributed by atoms with van der Waals surface area (Å²) in [5, 5.41) is 16.3. The maximum Gasteiger partial charge on any atom is 0.334 e. The molecule has 2 N–H and O–H groups in total. The number of amides is 1. The fourth-order valence-electron chi connectivity index (χ4n) is 1.48. The van der Waals surface area contributed by atoms with Gasteiger partial charge in [-0.15, -0.1) is 11.8 Å². The molecule has 0 aromatic rings. The van der Waals surface area contributed by atoms with Gasteiger partial charge in [0.05, 0.1) is 17.4 Å². The van der Waals surface area contributed by atoms with Gasteiger partial charge in [0.15, 0.2) is 0 Å². The van der Waals surface area contributed by atoms with E-state index in [1.165, 1.54) is 4.90 Å². The quantitative estimate of drug-likeness (QED) is 0.632. The molecule has 1 fully saturated rings. The lowest BCUT2D eigenvalue weighted by Crippen LogP contribution is -2.52. The number of carboxylic acids is 2. The minimum atomic E-state index is -1.30. The second-order valence-electron chi connectivity index (χ2n) is 3.20. The zero-order chi connectivity index (χ0) is 11.2. The molecule has 0 saturated carbocycles. The highest BCUT2D eigenvalue weighted by molar-refractivity contribution is 8.01. The molecule has 15 heavy (non-hydrogen) atoms. The third-order valence-electron chi connectivity index (χ3n) is 2.27. The predicted molar refractivity (Wildman–Crippen MR) is 50.0 cm³/mol. The molecule has 0 bridgehead atoms. The van der Waals surface area contributed by atoms with Crippen molar-refractivity contribution in [2.45, 2.75) is 17.0 Å². The first-order chi connectivity index (χ1) is 7.00. The van der Waals surface area contributed by atoms with E-state index in [-0.39, 0.29) is 23.3 Å². The van der Waals surface area contributed by atoms with Crippen LogP contribution in [0.4, 0.5) is 0 Å². The first-order valence-corrected chi connectivity index (χ1v) is 5.09. The number of hydrogen-bond acceptors (Lipinski definition) is 4. The van der Waals surface area contributed by atoms with Crippen molar-refractivity contribution >= 4 is 29.6 Å². The molecule has 0 aromatic heterocycles. The number of hydrogen-bond donors (Lipinski definition) is 2. The Hall–Kier alpha value is -1.50. The minimum absolute atomic E-state index is 0.171. The van der Waals surface area contributed by atoms with Crippen molar-refractivity contribution in [2.24, 2.45) is 0 Å². The molecule has 1 unspecified atom stereocenters. The van der Waals surface area contributed by atoms with Gasteiger partial charge in [-0.1, -0.05) is 0 Å². The SMILES string of the molecule is O=C(O)C1=CN2C(=O)C[C@H]2SC1C(=O)O. The van der Waals surface area contributed by atoms with Gasteiger partial charge < -0.3 is 15.1 Å². The number of thioether (sulfide) groups is 1. The van der Waals surface area contributed by atoms with Crippen molar-refractivity contribution in [3.05, 3.63) is 11.8 Å². The zero-order valence-electron chi connectivity index (χ0n) is 7.41. The largest absolute Gasteiger partial charge is 0.480 e. The third-order valence-corrected chi connectivity index (χ3v) is 3.71. The van der Waals surface area contributed by atoms with Gasteiger partial charge in [0.1, 0.15) is 5.25 Å². The molecule has 0 aliphatic carbocycles. The highest BCUT2D eigenvalue weighted by Gasteiger charge is 2.45. The van der Waals surface area contributed by atoms with Gasteiger partial charge in [-0.05, 0) is 0 Å². The maximum atomic E-state index is 11.0. The Morgan fingerprint density at radius 1 is 1.47 bits per heavy atom. The van der Waals surface area contributed by atoms with Gasteiger partial charge in [-0.2, -0.15) is 0 Å². The summed E-state index contributed by atoms with van der Waals surface area (Å²) in [6.45, 7) is 0. The number of carbonyl (C=O) groups is 3. The van der Waals surface area contributed by atoms with Crippen LogP contribution in [0.25, 0.3) is 0 Å². The summed E-state index contributed by atoms with van der Waals surface area (Å²) in [4.78, 5) is 33.9. The molecule has 1 amide bonds. The molecule has 80 valence electrons. The Bertz CT molecular complexity index is 390. The number of fused-ring (bicyclic) bond motifs is 1. The molecule has 6 nitrogen and oxygen atoms in total. The number of aliphatic carboxylic acids is 2. The van der Waals surface area contributed by atoms with Crippen LogP contribution in [0, 0.1) is 0 Å². The van der Waals surface area contributed by atoms with Crippen LogP contribution in [0.3, 0.4) is 0 Å². The summed E-state index contributed by atoms with van der Waals surface area (Å²) < 4.78 is 0. The Morgan fingerprint density at radius 3 is 2.60 bits per heavy atom. The summed E-state index contributed by atoms with van der Waals surface area (Å²) in [5.74, 6) is -2.66. The molecule has 7 heteroatoms. The first kappa shape index (κ1) is 10.0. The fraction of sp³-hybridized carbons (Fsp3) is 0.375. The first-order valence-electron chi connectivity index (χ1n) is 4.15. The van der Waals surface area contributed by atoms with E-state index in [0.717, 1.165) is 18.0 Å². The van der Waals surface area contributed by atoms with Crippen molar-refractivity contribution in [3.63, 3.8) is 0 Å². The zero-order valence-corrected chi connectivity index (χ0v) is 8.23. The van der Waals surface area contributed by atoms with Crippen molar-refractivity contribution in [3.8, 4) is 0 Å². The van der Waals surface area contributed by atoms with Gasteiger partial charge >= 0.3 is 11.9 Å². The average molecular weight is 229 g/mol. The highest BCUT2D eigenvalue weighted by Crippen LogP contribution is 2.40. The number of rotatable bonds is 2. The summed E-state index contributed by atoms with van der Waals surface area (Å²) in [7, 11) is 0. The van der Waals surface area contributed by atoms with E-state index in [4.69, 9.17) is 10.2 Å². The van der Waals surface area contributed by atoms with E-state index in [2.05, 4.69) is 0 Å². The highest BCUT2D eigenvalue weighted by atomic mass is 32.2. The average Bonchev–Trinajstić information content (AvgIpc) is 2.14. The monoisotopic (exact) mass is 229 g/mol. The molecular formula is C8H7NO5S. The normalized spacial score (nSPS) is 28.9. The van der Waals surface area contributed by atoms with E-state index >= 15 is 0 Å². The Morgan fingerprint density at radius 2 is 2.13 bits per heavy atom. The molecule has 0 aromatic carbocycles. The second-order valence-corrected chi connectivity index (χ2v) is 4.49. The Labute approximate surface area is 88.5 Å². The maximum absolute atomic E-state index is 11.0. The van der Waals surface area contributed by atoms with Crippen LogP contribution >= 0.6 is 11.8 Å². The van der Waals surface area contributed by atoms with Crippen LogP contribution in [0.1, 0.15) is 6.42 Å². The predicted octanol–water partition coefficient (Wildman–Crippen LogP) is -0.287. The van der Waals surface area contributed by atoms with E-state index in [1.807, 2.05) is 0 Å². The lowest BCUT2D eigenvalue weighted by atomic mass is 10.1. The van der Waals surface area contributed by atoms with E-state index in [0.29, 0.717) is 0 Å². The van der Waals surface area contributed by atoms with Crippen LogP contribution < -0.4 is 0 Å². The molecule has 2 atom stereocenters. The van der Waals surface area contributed by atoms with Gasteiger partial charge in [0.25, 0.3) is 0 Å². The van der Waals surface area contributed by atoms with Crippen LogP contribution in [0.5, 0.6) is 0 Å². The fourth-order valence-corrected chi connectivity index (χ4v) is 2.76. The van der Waals surface area contributed by atoms with E-state index in [9.17, 15) is 14.4 Å². The van der Waals surface area contributed by atoms with Gasteiger partial charge in [-0.25, -0.2) is 4.79 Å². The molecule has 2 rings (SSSR count). The van der Waals surface area contributed by atoms with Crippen molar-refractivity contribution in [1.29, 1.82) is 0 Å². The lowest BCUT2D eigenvalue weighted by molar-refractivity contribution is -0.141. The summed E-state index contributed by atoms with van der Waals surface area (Å²) in [6.07, 6.45) is 1.41. The van der Waals surface area contributed by atoms with Crippen LogP contribution in [0.15, 0.2) is 11.8 Å². The molecule has 2 heterocycles. The summed E-state index contributed by atoms with van der Waals surface area (Å²) in [6, 6.07) is 0. The Kier molecular flexibility index (Phi) is 2.18. The van der Waals surface area contributed by atoms with Crippen molar-refractivity contribution in [2.75, 3.05) is 0 Å².